The number of hydrogen-bond acceptors (Lipinski definition) is 2. The first kappa shape index (κ1) is 8.81. The molecule has 74 valence electrons. The molecule has 4 heteroatoms. The molecule has 2 fully saturated rings. The van der Waals surface area contributed by atoms with E-state index in [-0.39, 0.29) is 18.7 Å². The first-order valence-corrected chi connectivity index (χ1v) is 4.86. The fraction of sp³-hybridized carbons (Fsp3) is 0.889. The Morgan fingerprint density at radius 1 is 1.46 bits per heavy atom. The molecule has 13 heavy (non-hydrogen) atoms. The maximum atomic E-state index is 10.9. The fourth-order valence-corrected chi connectivity index (χ4v) is 2.85. The second-order valence-electron chi connectivity index (χ2n) is 4.02. The Kier molecular flexibility index (Phi) is 2.15. The molecule has 0 aromatic carbocycles. The highest BCUT2D eigenvalue weighted by molar-refractivity contribution is 5.66. The Balaban J connectivity index is 2.14. The van der Waals surface area contributed by atoms with Gasteiger partial charge in [-0.2, -0.15) is 0 Å². The van der Waals surface area contributed by atoms with Crippen LogP contribution >= 0.6 is 0 Å². The number of carboxylic acid groups (broad SMARTS) is 1. The van der Waals surface area contributed by atoms with E-state index in [4.69, 9.17) is 10.2 Å². The lowest BCUT2D eigenvalue weighted by atomic mass is 10.0. The number of aliphatic hydroxyl groups excluding tert-OH is 1. The molecule has 1 saturated carbocycles. The van der Waals surface area contributed by atoms with Crippen LogP contribution in [0.5, 0.6) is 0 Å². The summed E-state index contributed by atoms with van der Waals surface area (Å²) < 4.78 is 0. The highest BCUT2D eigenvalue weighted by Gasteiger charge is 2.45. The quantitative estimate of drug-likeness (QED) is 0.638. The molecule has 2 rings (SSSR count). The van der Waals surface area contributed by atoms with E-state index in [1.807, 2.05) is 0 Å². The third kappa shape index (κ3) is 1.29. The Hall–Kier alpha value is -0.770. The number of amides is 1. The maximum Gasteiger partial charge on any atom is 0.407 e. The van der Waals surface area contributed by atoms with Gasteiger partial charge in [0.2, 0.25) is 0 Å². The summed E-state index contributed by atoms with van der Waals surface area (Å²) in [6.45, 7) is -0.0285. The molecule has 2 N–H and O–H groups in total. The lowest BCUT2D eigenvalue weighted by Gasteiger charge is -2.25. The molecule has 0 aromatic rings. The van der Waals surface area contributed by atoms with Crippen LogP contribution in [-0.4, -0.2) is 39.9 Å². The van der Waals surface area contributed by atoms with Crippen LogP contribution in [0.4, 0.5) is 4.79 Å². The van der Waals surface area contributed by atoms with Crippen molar-refractivity contribution in [3.63, 3.8) is 0 Å². The Labute approximate surface area is 77.2 Å². The van der Waals surface area contributed by atoms with Crippen molar-refractivity contribution in [1.82, 2.24) is 4.90 Å². The summed E-state index contributed by atoms with van der Waals surface area (Å²) in [5.41, 5.74) is 0. The first-order valence-electron chi connectivity index (χ1n) is 4.86. The van der Waals surface area contributed by atoms with E-state index in [1.165, 1.54) is 4.90 Å². The van der Waals surface area contributed by atoms with Crippen LogP contribution in [0.2, 0.25) is 0 Å². The van der Waals surface area contributed by atoms with Crippen LogP contribution in [0.15, 0.2) is 0 Å². The topological polar surface area (TPSA) is 60.8 Å². The molecule has 0 aromatic heterocycles. The van der Waals surface area contributed by atoms with Crippen molar-refractivity contribution in [3.8, 4) is 0 Å². The lowest BCUT2D eigenvalue weighted by Crippen LogP contribution is -2.41. The zero-order valence-electron chi connectivity index (χ0n) is 7.52. The van der Waals surface area contributed by atoms with Gasteiger partial charge in [0.05, 0.1) is 12.6 Å². The van der Waals surface area contributed by atoms with Crippen LogP contribution in [0, 0.1) is 5.92 Å². The summed E-state index contributed by atoms with van der Waals surface area (Å²) in [7, 11) is 0. The van der Waals surface area contributed by atoms with Gasteiger partial charge in [0.15, 0.2) is 0 Å². The van der Waals surface area contributed by atoms with Crippen molar-refractivity contribution in [2.45, 2.75) is 37.8 Å². The maximum absolute atomic E-state index is 10.9. The van der Waals surface area contributed by atoms with Crippen LogP contribution < -0.4 is 0 Å². The second-order valence-corrected chi connectivity index (χ2v) is 4.02. The number of aliphatic hydroxyl groups is 1. The second kappa shape index (κ2) is 3.18. The number of carbonyl (C=O) groups is 1. The molecule has 1 amide bonds. The van der Waals surface area contributed by atoms with Gasteiger partial charge in [-0.05, 0) is 25.2 Å². The van der Waals surface area contributed by atoms with Crippen molar-refractivity contribution in [3.05, 3.63) is 0 Å². The minimum atomic E-state index is -0.867. The highest BCUT2D eigenvalue weighted by atomic mass is 16.4. The van der Waals surface area contributed by atoms with E-state index in [0.29, 0.717) is 5.92 Å². The van der Waals surface area contributed by atoms with Crippen LogP contribution in [-0.2, 0) is 0 Å². The van der Waals surface area contributed by atoms with Crippen LogP contribution in [0.1, 0.15) is 25.7 Å². The molecule has 3 unspecified atom stereocenters. The van der Waals surface area contributed by atoms with Crippen molar-refractivity contribution in [1.29, 1.82) is 0 Å². The van der Waals surface area contributed by atoms with Gasteiger partial charge in [0.1, 0.15) is 0 Å². The van der Waals surface area contributed by atoms with Crippen LogP contribution in [0.3, 0.4) is 0 Å². The molecular weight excluding hydrogens is 170 g/mol. The minimum Gasteiger partial charge on any atom is -0.465 e. The van der Waals surface area contributed by atoms with Gasteiger partial charge in [0.25, 0.3) is 0 Å². The van der Waals surface area contributed by atoms with Gasteiger partial charge in [-0.15, -0.1) is 0 Å². The summed E-state index contributed by atoms with van der Waals surface area (Å²) in [5.74, 6) is 0.508. The van der Waals surface area contributed by atoms with Gasteiger partial charge in [-0.1, -0.05) is 6.42 Å². The fourth-order valence-electron chi connectivity index (χ4n) is 2.85. The smallest absolute Gasteiger partial charge is 0.407 e. The number of nitrogens with zero attached hydrogens (tertiary/aromatic N) is 1. The molecule has 3 atom stereocenters. The third-order valence-electron chi connectivity index (χ3n) is 3.38. The molecule has 0 radical (unpaired) electrons. The zero-order valence-corrected chi connectivity index (χ0v) is 7.52. The van der Waals surface area contributed by atoms with E-state index in [2.05, 4.69) is 0 Å². The first-order chi connectivity index (χ1) is 6.24. The van der Waals surface area contributed by atoms with Gasteiger partial charge < -0.3 is 10.2 Å². The molecule has 1 aliphatic carbocycles. The minimum absolute atomic E-state index is 0.0285. The molecule has 1 saturated heterocycles. The monoisotopic (exact) mass is 185 g/mol. The van der Waals surface area contributed by atoms with Crippen molar-refractivity contribution in [2.24, 2.45) is 5.92 Å². The zero-order chi connectivity index (χ0) is 9.42. The summed E-state index contributed by atoms with van der Waals surface area (Å²) in [6.07, 6.45) is 3.23. The molecule has 0 spiro atoms. The molecular formula is C9H15NO3. The predicted octanol–water partition coefficient (Wildman–Crippen LogP) is 0.900. The van der Waals surface area contributed by atoms with Gasteiger partial charge in [-0.3, -0.25) is 4.90 Å². The van der Waals surface area contributed by atoms with Gasteiger partial charge in [0, 0.05) is 6.04 Å². The van der Waals surface area contributed by atoms with E-state index in [1.54, 1.807) is 0 Å². The van der Waals surface area contributed by atoms with Crippen molar-refractivity contribution in [2.75, 3.05) is 6.61 Å². The predicted molar refractivity (Wildman–Crippen MR) is 46.5 cm³/mol. The summed E-state index contributed by atoms with van der Waals surface area (Å²) >= 11 is 0. The Bertz CT molecular complexity index is 219. The van der Waals surface area contributed by atoms with E-state index >= 15 is 0 Å². The summed E-state index contributed by atoms with van der Waals surface area (Å²) in [6, 6.07) is 0.0439. The average molecular weight is 185 g/mol. The molecule has 4 nitrogen and oxygen atoms in total. The number of likely N-dealkylation sites (tertiary alicyclic amines) is 1. The van der Waals surface area contributed by atoms with Gasteiger partial charge >= 0.3 is 6.09 Å². The molecule has 1 heterocycles. The molecule has 1 aliphatic heterocycles. The number of fused-ring (bicyclic) bond motifs is 1. The molecule has 2 aliphatic rings. The third-order valence-corrected chi connectivity index (χ3v) is 3.38. The Morgan fingerprint density at radius 2 is 2.23 bits per heavy atom. The highest BCUT2D eigenvalue weighted by Crippen LogP contribution is 2.40. The van der Waals surface area contributed by atoms with Crippen LogP contribution in [0.25, 0.3) is 0 Å². The number of hydrogen-bond donors (Lipinski definition) is 2. The SMILES string of the molecule is O=C(O)N1C(CO)CC2CCCC21. The molecule has 0 bridgehead atoms. The van der Waals surface area contributed by atoms with E-state index in [9.17, 15) is 4.79 Å². The average Bonchev–Trinajstić information content (AvgIpc) is 2.59. The normalized spacial score (nSPS) is 37.9. The largest absolute Gasteiger partial charge is 0.465 e. The number of rotatable bonds is 1. The van der Waals surface area contributed by atoms with Crippen molar-refractivity contribution >= 4 is 6.09 Å². The summed E-state index contributed by atoms with van der Waals surface area (Å²) in [4.78, 5) is 12.4. The Morgan fingerprint density at radius 3 is 2.85 bits per heavy atom. The summed E-state index contributed by atoms with van der Waals surface area (Å²) in [5, 5.41) is 18.0. The van der Waals surface area contributed by atoms with E-state index < -0.39 is 6.09 Å². The van der Waals surface area contributed by atoms with Gasteiger partial charge in [-0.25, -0.2) is 4.79 Å². The van der Waals surface area contributed by atoms with Crippen molar-refractivity contribution < 1.29 is 15.0 Å². The van der Waals surface area contributed by atoms with E-state index in [0.717, 1.165) is 25.7 Å². The lowest BCUT2D eigenvalue weighted by molar-refractivity contribution is 0.0987. The standard InChI is InChI=1S/C9H15NO3/c11-5-7-4-6-2-1-3-8(6)10(7)9(12)13/h6-8,11H,1-5H2,(H,12,13).